The van der Waals surface area contributed by atoms with Gasteiger partial charge in [-0.15, -0.1) is 0 Å². The summed E-state index contributed by atoms with van der Waals surface area (Å²) in [6.07, 6.45) is 103. The number of carbonyl (C=O) groups is 2. The summed E-state index contributed by atoms with van der Waals surface area (Å²) >= 11 is 0. The van der Waals surface area contributed by atoms with Crippen molar-refractivity contribution in [1.29, 1.82) is 0 Å². The Labute approximate surface area is 554 Å². The fourth-order valence-electron chi connectivity index (χ4n) is 9.58. The first kappa shape index (κ1) is 85.6. The maximum Gasteiger partial charge on any atom is 0.306 e. The van der Waals surface area contributed by atoms with Crippen molar-refractivity contribution < 1.29 is 42.1 Å². The number of carbonyl (C=O) groups excluding carboxylic acids is 2. The van der Waals surface area contributed by atoms with Gasteiger partial charge < -0.3 is 27.9 Å². The van der Waals surface area contributed by atoms with E-state index < -0.39 is 32.5 Å². The molecule has 0 aliphatic carbocycles. The Bertz CT molecular complexity index is 2080. The first-order chi connectivity index (χ1) is 44.0. The molecule has 2 atom stereocenters. The second-order valence-corrected chi connectivity index (χ2v) is 26.2. The molecule has 0 saturated heterocycles. The van der Waals surface area contributed by atoms with E-state index in [-0.39, 0.29) is 26.1 Å². The lowest BCUT2D eigenvalue weighted by atomic mass is 10.0. The van der Waals surface area contributed by atoms with E-state index in [1.807, 2.05) is 21.1 Å². The lowest BCUT2D eigenvalue weighted by molar-refractivity contribution is -0.870. The van der Waals surface area contributed by atoms with Gasteiger partial charge in [0.2, 0.25) is 0 Å². The van der Waals surface area contributed by atoms with E-state index in [2.05, 4.69) is 172 Å². The molecule has 0 aliphatic rings. The molecule has 0 radical (unpaired) electrons. The predicted octanol–water partition coefficient (Wildman–Crippen LogP) is 23.3. The highest BCUT2D eigenvalue weighted by atomic mass is 31.2. The lowest BCUT2D eigenvalue weighted by Gasteiger charge is -2.28. The van der Waals surface area contributed by atoms with Crippen LogP contribution in [0.25, 0.3) is 0 Å². The van der Waals surface area contributed by atoms with Crippen LogP contribution in [-0.4, -0.2) is 70.0 Å². The Hall–Kier alpha value is -4.37. The second-order valence-electron chi connectivity index (χ2n) is 24.8. The molecule has 0 rings (SSSR count). The Morgan fingerprint density at radius 1 is 0.344 bits per heavy atom. The maximum absolute atomic E-state index is 12.9. The molecule has 0 N–H and O–H groups in total. The summed E-state index contributed by atoms with van der Waals surface area (Å²) < 4.78 is 34.3. The summed E-state index contributed by atoms with van der Waals surface area (Å²) in [5, 5.41) is 0. The van der Waals surface area contributed by atoms with Gasteiger partial charge in [0.05, 0.1) is 27.7 Å². The number of esters is 2. The third-order valence-electron chi connectivity index (χ3n) is 15.0. The summed E-state index contributed by atoms with van der Waals surface area (Å²) in [6, 6.07) is 0. The fraction of sp³-hybridized carbons (Fsp3) is 0.650. The van der Waals surface area contributed by atoms with E-state index in [1.54, 1.807) is 0 Å². The van der Waals surface area contributed by atoms with Gasteiger partial charge in [0.25, 0.3) is 7.82 Å². The van der Waals surface area contributed by atoms with Gasteiger partial charge in [-0.1, -0.05) is 307 Å². The number of hydrogen-bond acceptors (Lipinski definition) is 8. The molecule has 2 unspecified atom stereocenters. The van der Waals surface area contributed by atoms with Crippen LogP contribution in [0, 0.1) is 0 Å². The molecule has 0 aliphatic heterocycles. The number of rotatable bonds is 65. The Kier molecular flexibility index (Phi) is 65.6. The zero-order chi connectivity index (χ0) is 65.5. The molecule has 0 aromatic rings. The van der Waals surface area contributed by atoms with Crippen LogP contribution in [0.5, 0.6) is 0 Å². The summed E-state index contributed by atoms with van der Waals surface area (Å²) in [5.41, 5.74) is 0. The molecule has 0 bridgehead atoms. The molecular formula is C80H134NO8P. The quantitative estimate of drug-likeness (QED) is 0.0195. The van der Waals surface area contributed by atoms with Crippen LogP contribution in [0.4, 0.5) is 0 Å². The van der Waals surface area contributed by atoms with E-state index in [0.29, 0.717) is 17.4 Å². The summed E-state index contributed by atoms with van der Waals surface area (Å²) in [7, 11) is 1.14. The molecule has 0 aromatic heterocycles. The Morgan fingerprint density at radius 2 is 0.600 bits per heavy atom. The molecule has 9 nitrogen and oxygen atoms in total. The van der Waals surface area contributed by atoms with E-state index in [0.717, 1.165) is 128 Å². The topological polar surface area (TPSA) is 111 Å². The van der Waals surface area contributed by atoms with Gasteiger partial charge >= 0.3 is 11.9 Å². The number of allylic oxidation sites excluding steroid dienone is 26. The van der Waals surface area contributed by atoms with Crippen LogP contribution in [-0.2, 0) is 32.7 Å². The van der Waals surface area contributed by atoms with E-state index >= 15 is 0 Å². The standard InChI is InChI=1S/C80H134NO8P/c1-6-8-10-12-14-16-18-20-22-24-26-28-30-32-34-36-37-38-39-40-41-42-43-45-46-48-50-52-54-56-58-60-62-64-66-68-70-72-79(82)86-76-78(77-88-90(84,85)87-75-74-81(3,4)5)89-80(83)73-71-69-67-65-63-61-59-57-55-53-51-49-47-44-35-33-31-29-27-25-23-21-19-17-15-13-11-9-7-2/h8-11,14-17,20-23,26-29,32-35,47,49,53,55,59,61,78H,6-7,12-13,18-19,24-25,30-31,36-46,48,50-52,54,56-58,60,62-77H2,1-5H3/b10-8-,11-9-,16-14-,17-15-,22-20-,23-21-,28-26-,29-27-,34-32-,35-33-,49-47-,55-53-,61-59-. The first-order valence-electron chi connectivity index (χ1n) is 36.2. The SMILES string of the molecule is CC/C=C\C/C=C\C/C=C\C/C=C\C/C=C\C/C=C\C/C=C\C/C=C\CCCCCCC(=O)OC(COC(=O)CCCCCCCCCCCCCCCCCCCCCCC/C=C\C/C=C\C/C=C\C/C=C\C/C=C\CC)COP(=O)([O-])OCC[N+](C)(C)C. The third kappa shape index (κ3) is 72.7. The molecule has 0 spiro atoms. The molecular weight excluding hydrogens is 1130 g/mol. The number of phosphoric acid groups is 1. The summed E-state index contributed by atoms with van der Waals surface area (Å²) in [5.74, 6) is -0.864. The fourth-order valence-corrected chi connectivity index (χ4v) is 10.3. The maximum atomic E-state index is 12.9. The number of quaternary nitrogens is 1. The van der Waals surface area contributed by atoms with Crippen molar-refractivity contribution in [2.24, 2.45) is 0 Å². The minimum atomic E-state index is -4.66. The van der Waals surface area contributed by atoms with Gasteiger partial charge in [-0.2, -0.15) is 0 Å². The molecule has 512 valence electrons. The molecule has 0 amide bonds. The lowest BCUT2D eigenvalue weighted by Crippen LogP contribution is -2.37. The van der Waals surface area contributed by atoms with Crippen LogP contribution in [0.1, 0.15) is 284 Å². The molecule has 0 aromatic carbocycles. The van der Waals surface area contributed by atoms with Crippen LogP contribution >= 0.6 is 7.82 Å². The first-order valence-corrected chi connectivity index (χ1v) is 37.7. The Morgan fingerprint density at radius 3 is 0.889 bits per heavy atom. The van der Waals surface area contributed by atoms with Gasteiger partial charge in [-0.05, 0) is 122 Å². The molecule has 10 heteroatoms. The minimum absolute atomic E-state index is 0.0429. The van der Waals surface area contributed by atoms with Crippen LogP contribution in [0.15, 0.2) is 158 Å². The average molecular weight is 1270 g/mol. The van der Waals surface area contributed by atoms with Gasteiger partial charge in [0.1, 0.15) is 19.8 Å². The van der Waals surface area contributed by atoms with Crippen molar-refractivity contribution in [3.8, 4) is 0 Å². The average Bonchev–Trinajstić information content (AvgIpc) is 3.58. The number of ether oxygens (including phenoxy) is 2. The zero-order valence-corrected chi connectivity index (χ0v) is 59.2. The molecule has 0 fully saturated rings. The van der Waals surface area contributed by atoms with E-state index in [9.17, 15) is 19.0 Å². The smallest absolute Gasteiger partial charge is 0.306 e. The minimum Gasteiger partial charge on any atom is -0.756 e. The van der Waals surface area contributed by atoms with Crippen LogP contribution in [0.3, 0.4) is 0 Å². The predicted molar refractivity (Wildman–Crippen MR) is 387 cm³/mol. The number of unbranched alkanes of at least 4 members (excludes halogenated alkanes) is 25. The monoisotopic (exact) mass is 1270 g/mol. The van der Waals surface area contributed by atoms with Crippen LogP contribution in [0.2, 0.25) is 0 Å². The van der Waals surface area contributed by atoms with Gasteiger partial charge in [-0.3, -0.25) is 14.2 Å². The van der Waals surface area contributed by atoms with Crippen molar-refractivity contribution >= 4 is 19.8 Å². The number of hydrogen-bond donors (Lipinski definition) is 0. The van der Waals surface area contributed by atoms with Gasteiger partial charge in [0, 0.05) is 12.8 Å². The van der Waals surface area contributed by atoms with E-state index in [4.69, 9.17) is 18.5 Å². The highest BCUT2D eigenvalue weighted by Gasteiger charge is 2.22. The summed E-state index contributed by atoms with van der Waals surface area (Å²) in [6.45, 7) is 3.99. The van der Waals surface area contributed by atoms with Crippen molar-refractivity contribution in [3.63, 3.8) is 0 Å². The normalized spacial score (nSPS) is 14.1. The third-order valence-corrected chi connectivity index (χ3v) is 16.0. The molecule has 0 heterocycles. The van der Waals surface area contributed by atoms with Gasteiger partial charge in [0.15, 0.2) is 6.10 Å². The van der Waals surface area contributed by atoms with Crippen molar-refractivity contribution in [2.45, 2.75) is 290 Å². The van der Waals surface area contributed by atoms with Crippen molar-refractivity contribution in [2.75, 3.05) is 47.5 Å². The van der Waals surface area contributed by atoms with Crippen LogP contribution < -0.4 is 4.89 Å². The van der Waals surface area contributed by atoms with Crippen molar-refractivity contribution in [3.05, 3.63) is 158 Å². The largest absolute Gasteiger partial charge is 0.756 e. The van der Waals surface area contributed by atoms with Crippen molar-refractivity contribution in [1.82, 2.24) is 0 Å². The van der Waals surface area contributed by atoms with Gasteiger partial charge in [-0.25, -0.2) is 0 Å². The Balaban J connectivity index is 4.07. The molecule has 0 saturated carbocycles. The second kappa shape index (κ2) is 69.0. The number of nitrogens with zero attached hydrogens (tertiary/aromatic N) is 1. The molecule has 90 heavy (non-hydrogen) atoms. The summed E-state index contributed by atoms with van der Waals surface area (Å²) in [4.78, 5) is 38.1. The number of likely N-dealkylation sites (N-methyl/N-ethyl adjacent to an activating group) is 1. The highest BCUT2D eigenvalue weighted by Crippen LogP contribution is 2.38. The number of phosphoric ester groups is 1. The zero-order valence-electron chi connectivity index (χ0n) is 58.3. The van der Waals surface area contributed by atoms with E-state index in [1.165, 1.54) is 122 Å². The highest BCUT2D eigenvalue weighted by molar-refractivity contribution is 7.45.